The molecule has 0 aliphatic heterocycles. The highest BCUT2D eigenvalue weighted by Gasteiger charge is 2.18. The lowest BCUT2D eigenvalue weighted by Crippen LogP contribution is -2.37. The third kappa shape index (κ3) is 6.19. The fourth-order valence-electron chi connectivity index (χ4n) is 0.765. The van der Waals surface area contributed by atoms with Gasteiger partial charge in [-0.25, -0.2) is 8.78 Å². The van der Waals surface area contributed by atoms with E-state index in [0.29, 0.717) is 6.54 Å². The summed E-state index contributed by atoms with van der Waals surface area (Å²) in [6.07, 6.45) is -2.38. The van der Waals surface area contributed by atoms with Crippen LogP contribution in [0.3, 0.4) is 0 Å². The number of likely N-dealkylation sites (N-methyl/N-ethyl adjacent to an activating group) is 1. The smallest absolute Gasteiger partial charge is 0.261 e. The second kappa shape index (κ2) is 4.62. The Kier molecular flexibility index (Phi) is 4.52. The molecule has 68 valence electrons. The van der Waals surface area contributed by atoms with Crippen molar-refractivity contribution in [2.75, 3.05) is 20.2 Å². The molecule has 0 atom stereocenters. The molecule has 4 heteroatoms. The van der Waals surface area contributed by atoms with Crippen LogP contribution >= 0.6 is 0 Å². The average molecular weight is 167 g/mol. The zero-order valence-corrected chi connectivity index (χ0v) is 7.16. The van der Waals surface area contributed by atoms with E-state index in [9.17, 15) is 8.78 Å². The van der Waals surface area contributed by atoms with Gasteiger partial charge in [0.15, 0.2) is 0 Å². The third-order valence-corrected chi connectivity index (χ3v) is 1.20. The zero-order valence-electron chi connectivity index (χ0n) is 7.16. The average Bonchev–Trinajstić information content (AvgIpc) is 1.84. The summed E-state index contributed by atoms with van der Waals surface area (Å²) in [4.78, 5) is 0. The van der Waals surface area contributed by atoms with Gasteiger partial charge in [0.25, 0.3) is 6.43 Å². The van der Waals surface area contributed by atoms with Crippen molar-refractivity contribution in [2.45, 2.75) is 25.9 Å². The molecule has 2 nitrogen and oxygen atoms in total. The minimum Gasteiger partial charge on any atom is -0.368 e. The normalized spacial score (nSPS) is 12.5. The number of ether oxygens (including phenoxy) is 1. The van der Waals surface area contributed by atoms with Gasteiger partial charge in [-0.2, -0.15) is 0 Å². The molecule has 0 aliphatic rings. The molecule has 11 heavy (non-hydrogen) atoms. The Morgan fingerprint density at radius 2 is 2.00 bits per heavy atom. The van der Waals surface area contributed by atoms with E-state index in [1.54, 1.807) is 20.9 Å². The third-order valence-electron chi connectivity index (χ3n) is 1.20. The van der Waals surface area contributed by atoms with Crippen molar-refractivity contribution in [3.8, 4) is 0 Å². The van der Waals surface area contributed by atoms with E-state index in [0.717, 1.165) is 0 Å². The molecule has 0 radical (unpaired) electrons. The summed E-state index contributed by atoms with van der Waals surface area (Å²) in [6.45, 7) is 3.62. The Labute approximate surface area is 65.9 Å². The first-order valence-electron chi connectivity index (χ1n) is 3.54. The van der Waals surface area contributed by atoms with Crippen LogP contribution in [0.2, 0.25) is 0 Å². The van der Waals surface area contributed by atoms with Crippen LogP contribution in [-0.2, 0) is 4.74 Å². The molecule has 0 rings (SSSR count). The summed E-state index contributed by atoms with van der Waals surface area (Å²) in [6, 6.07) is 0. The Bertz CT molecular complexity index is 107. The van der Waals surface area contributed by atoms with E-state index < -0.39 is 18.6 Å². The first-order valence-corrected chi connectivity index (χ1v) is 3.54. The van der Waals surface area contributed by atoms with Crippen LogP contribution in [0.5, 0.6) is 0 Å². The number of halogens is 2. The first kappa shape index (κ1) is 10.8. The summed E-state index contributed by atoms with van der Waals surface area (Å²) >= 11 is 0. The maximum Gasteiger partial charge on any atom is 0.261 e. The van der Waals surface area contributed by atoms with Gasteiger partial charge in [0.1, 0.15) is 6.61 Å². The lowest BCUT2D eigenvalue weighted by Gasteiger charge is -2.24. The SMILES string of the molecule is CNCC(C)(C)OCC(F)F. The number of rotatable bonds is 5. The molecule has 0 spiro atoms. The summed E-state index contributed by atoms with van der Waals surface area (Å²) < 4.78 is 28.2. The molecule has 1 N–H and O–H groups in total. The molecule has 0 aromatic rings. The predicted molar refractivity (Wildman–Crippen MR) is 40.0 cm³/mol. The monoisotopic (exact) mass is 167 g/mol. The maximum absolute atomic E-state index is 11.7. The summed E-state index contributed by atoms with van der Waals surface area (Å²) in [5.41, 5.74) is -0.509. The molecule has 0 amide bonds. The van der Waals surface area contributed by atoms with E-state index >= 15 is 0 Å². The number of hydrogen-bond donors (Lipinski definition) is 1. The van der Waals surface area contributed by atoms with E-state index in [2.05, 4.69) is 5.32 Å². The molecule has 0 aromatic carbocycles. The van der Waals surface area contributed by atoms with E-state index in [1.165, 1.54) is 0 Å². The van der Waals surface area contributed by atoms with Crippen LogP contribution in [0.4, 0.5) is 8.78 Å². The minimum absolute atomic E-state index is 0.491. The van der Waals surface area contributed by atoms with Crippen LogP contribution in [0.25, 0.3) is 0 Å². The Morgan fingerprint density at radius 1 is 1.45 bits per heavy atom. The minimum atomic E-state index is -2.38. The molecule has 0 bridgehead atoms. The second-order valence-electron chi connectivity index (χ2n) is 2.99. The number of hydrogen-bond acceptors (Lipinski definition) is 2. The van der Waals surface area contributed by atoms with Crippen molar-refractivity contribution in [1.82, 2.24) is 5.32 Å². The van der Waals surface area contributed by atoms with Crippen LogP contribution in [0, 0.1) is 0 Å². The van der Waals surface area contributed by atoms with Crippen molar-refractivity contribution < 1.29 is 13.5 Å². The quantitative estimate of drug-likeness (QED) is 0.665. The topological polar surface area (TPSA) is 21.3 Å². The van der Waals surface area contributed by atoms with Crippen molar-refractivity contribution in [3.05, 3.63) is 0 Å². The van der Waals surface area contributed by atoms with Crippen LogP contribution in [0.1, 0.15) is 13.8 Å². The van der Waals surface area contributed by atoms with Gasteiger partial charge in [-0.15, -0.1) is 0 Å². The highest BCUT2D eigenvalue weighted by molar-refractivity contribution is 4.70. The molecular weight excluding hydrogens is 152 g/mol. The van der Waals surface area contributed by atoms with E-state index in [1.807, 2.05) is 0 Å². The predicted octanol–water partition coefficient (Wildman–Crippen LogP) is 1.27. The fourth-order valence-corrected chi connectivity index (χ4v) is 0.765. The van der Waals surface area contributed by atoms with Gasteiger partial charge >= 0.3 is 0 Å². The summed E-state index contributed by atoms with van der Waals surface area (Å²) in [5, 5.41) is 2.86. The molecule has 0 heterocycles. The summed E-state index contributed by atoms with van der Waals surface area (Å²) in [7, 11) is 1.76. The lowest BCUT2D eigenvalue weighted by atomic mass is 10.1. The number of nitrogens with one attached hydrogen (secondary N) is 1. The Morgan fingerprint density at radius 3 is 2.36 bits per heavy atom. The fraction of sp³-hybridized carbons (Fsp3) is 1.00. The van der Waals surface area contributed by atoms with Gasteiger partial charge in [0.2, 0.25) is 0 Å². The molecule has 0 fully saturated rings. The van der Waals surface area contributed by atoms with Crippen molar-refractivity contribution in [1.29, 1.82) is 0 Å². The standard InChI is InChI=1S/C7H15F2NO/c1-7(2,5-10-3)11-4-6(8)9/h6,10H,4-5H2,1-3H3. The van der Waals surface area contributed by atoms with Crippen LogP contribution < -0.4 is 5.32 Å². The molecule has 0 aliphatic carbocycles. The molecule has 0 unspecified atom stereocenters. The zero-order chi connectivity index (χ0) is 8.91. The van der Waals surface area contributed by atoms with Gasteiger partial charge in [0.05, 0.1) is 5.60 Å². The molecule has 0 saturated carbocycles. The van der Waals surface area contributed by atoms with E-state index in [4.69, 9.17) is 4.74 Å². The van der Waals surface area contributed by atoms with Gasteiger partial charge in [0, 0.05) is 6.54 Å². The van der Waals surface area contributed by atoms with Crippen LogP contribution in [0.15, 0.2) is 0 Å². The largest absolute Gasteiger partial charge is 0.368 e. The Hall–Kier alpha value is -0.220. The van der Waals surface area contributed by atoms with Gasteiger partial charge in [-0.3, -0.25) is 0 Å². The van der Waals surface area contributed by atoms with E-state index in [-0.39, 0.29) is 0 Å². The highest BCUT2D eigenvalue weighted by Crippen LogP contribution is 2.08. The highest BCUT2D eigenvalue weighted by atomic mass is 19.3. The van der Waals surface area contributed by atoms with Gasteiger partial charge in [-0.1, -0.05) is 0 Å². The van der Waals surface area contributed by atoms with Gasteiger partial charge < -0.3 is 10.1 Å². The van der Waals surface area contributed by atoms with Crippen molar-refractivity contribution in [3.63, 3.8) is 0 Å². The molecular formula is C7H15F2NO. The maximum atomic E-state index is 11.7. The van der Waals surface area contributed by atoms with Crippen molar-refractivity contribution in [2.24, 2.45) is 0 Å². The van der Waals surface area contributed by atoms with Crippen LogP contribution in [-0.4, -0.2) is 32.2 Å². The molecule has 0 aromatic heterocycles. The van der Waals surface area contributed by atoms with Crippen molar-refractivity contribution >= 4 is 0 Å². The second-order valence-corrected chi connectivity index (χ2v) is 2.99. The first-order chi connectivity index (χ1) is 4.98. The number of alkyl halides is 2. The lowest BCUT2D eigenvalue weighted by molar-refractivity contribution is -0.0677. The van der Waals surface area contributed by atoms with Gasteiger partial charge in [-0.05, 0) is 20.9 Å². The Balaban J connectivity index is 3.54. The summed E-state index contributed by atoms with van der Waals surface area (Å²) in [5.74, 6) is 0. The molecule has 0 saturated heterocycles.